The lowest BCUT2D eigenvalue weighted by Gasteiger charge is -2.26. The number of carbonyl (C=O) groups excluding carboxylic acids is 1. The molecule has 17 heavy (non-hydrogen) atoms. The number of nitrogens with zero attached hydrogens (tertiary/aromatic N) is 1. The van der Waals surface area contributed by atoms with Crippen LogP contribution >= 0.6 is 0 Å². The summed E-state index contributed by atoms with van der Waals surface area (Å²) in [6.45, 7) is 2.88. The number of halogens is 3. The van der Waals surface area contributed by atoms with Gasteiger partial charge in [-0.05, 0) is 0 Å². The first-order valence-electron chi connectivity index (χ1n) is 5.38. The third kappa shape index (κ3) is 7.01. The van der Waals surface area contributed by atoms with Crippen molar-refractivity contribution in [2.75, 3.05) is 45.9 Å². The van der Waals surface area contributed by atoms with Gasteiger partial charge < -0.3 is 15.4 Å². The molecule has 0 aromatic rings. The maximum atomic E-state index is 11.7. The van der Waals surface area contributed by atoms with Crippen molar-refractivity contribution in [3.63, 3.8) is 0 Å². The average molecular weight is 255 g/mol. The van der Waals surface area contributed by atoms with Crippen LogP contribution in [0, 0.1) is 0 Å². The zero-order valence-electron chi connectivity index (χ0n) is 9.35. The number of rotatable bonds is 4. The molecule has 5 nitrogen and oxygen atoms in total. The Morgan fingerprint density at radius 1 is 1.35 bits per heavy atom. The number of ether oxygens (including phenoxy) is 1. The molecule has 0 atom stereocenters. The zero-order chi connectivity index (χ0) is 12.7. The Morgan fingerprint density at radius 2 is 2.00 bits per heavy atom. The summed E-state index contributed by atoms with van der Waals surface area (Å²) in [4.78, 5) is 13.0. The summed E-state index contributed by atoms with van der Waals surface area (Å²) in [6.07, 6.45) is -5.51. The van der Waals surface area contributed by atoms with Gasteiger partial charge in [0.05, 0.1) is 0 Å². The molecule has 0 aromatic carbocycles. The number of nitrogens with one attached hydrogen (secondary N) is 2. The molecule has 0 unspecified atom stereocenters. The normalized spacial score (nSPS) is 17.8. The highest BCUT2D eigenvalue weighted by atomic mass is 19.4. The van der Waals surface area contributed by atoms with Crippen LogP contribution in [-0.2, 0) is 4.74 Å². The second-order valence-corrected chi connectivity index (χ2v) is 3.71. The van der Waals surface area contributed by atoms with E-state index in [1.54, 1.807) is 0 Å². The van der Waals surface area contributed by atoms with Gasteiger partial charge in [-0.1, -0.05) is 0 Å². The van der Waals surface area contributed by atoms with Gasteiger partial charge in [-0.2, -0.15) is 13.2 Å². The van der Waals surface area contributed by atoms with E-state index < -0.39 is 18.9 Å². The molecule has 8 heteroatoms. The monoisotopic (exact) mass is 255 g/mol. The molecule has 1 aliphatic rings. The SMILES string of the molecule is O=C(NCCN1CCNCC1)OCC(F)(F)F. The second-order valence-electron chi connectivity index (χ2n) is 3.71. The number of alkyl halides is 3. The molecular formula is C9H16F3N3O2. The molecule has 1 saturated heterocycles. The van der Waals surface area contributed by atoms with Crippen molar-refractivity contribution >= 4 is 6.09 Å². The van der Waals surface area contributed by atoms with E-state index in [1.165, 1.54) is 0 Å². The first-order chi connectivity index (χ1) is 7.97. The van der Waals surface area contributed by atoms with E-state index in [-0.39, 0.29) is 6.54 Å². The van der Waals surface area contributed by atoms with E-state index in [0.717, 1.165) is 26.2 Å². The standard InChI is InChI=1S/C9H16F3N3O2/c10-9(11,12)7-17-8(16)14-3-6-15-4-1-13-2-5-15/h13H,1-7H2,(H,14,16). The summed E-state index contributed by atoms with van der Waals surface area (Å²) in [6, 6.07) is 0. The highest BCUT2D eigenvalue weighted by Gasteiger charge is 2.29. The van der Waals surface area contributed by atoms with Crippen LogP contribution in [0.2, 0.25) is 0 Å². The van der Waals surface area contributed by atoms with E-state index >= 15 is 0 Å². The van der Waals surface area contributed by atoms with Crippen LogP contribution in [0.15, 0.2) is 0 Å². The molecule has 100 valence electrons. The quantitative estimate of drug-likeness (QED) is 0.752. The molecule has 1 fully saturated rings. The number of hydrogen-bond donors (Lipinski definition) is 2. The van der Waals surface area contributed by atoms with Crippen molar-refractivity contribution in [3.05, 3.63) is 0 Å². The molecule has 0 saturated carbocycles. The van der Waals surface area contributed by atoms with Crippen molar-refractivity contribution in [2.24, 2.45) is 0 Å². The fraction of sp³-hybridized carbons (Fsp3) is 0.889. The lowest BCUT2D eigenvalue weighted by Crippen LogP contribution is -2.46. The van der Waals surface area contributed by atoms with Crippen molar-refractivity contribution in [1.82, 2.24) is 15.5 Å². The molecule has 1 amide bonds. The molecule has 0 bridgehead atoms. The number of amides is 1. The van der Waals surface area contributed by atoms with Crippen LogP contribution in [0.4, 0.5) is 18.0 Å². The topological polar surface area (TPSA) is 53.6 Å². The highest BCUT2D eigenvalue weighted by molar-refractivity contribution is 5.67. The smallest absolute Gasteiger partial charge is 0.422 e. The summed E-state index contributed by atoms with van der Waals surface area (Å²) in [5.41, 5.74) is 0. The van der Waals surface area contributed by atoms with Gasteiger partial charge in [-0.15, -0.1) is 0 Å². The van der Waals surface area contributed by atoms with Crippen molar-refractivity contribution in [2.45, 2.75) is 6.18 Å². The Bertz CT molecular complexity index is 242. The van der Waals surface area contributed by atoms with E-state index in [9.17, 15) is 18.0 Å². The van der Waals surface area contributed by atoms with Gasteiger partial charge in [0.1, 0.15) is 0 Å². The molecule has 0 radical (unpaired) electrons. The Kier molecular flexibility index (Phi) is 5.49. The number of carbonyl (C=O) groups is 1. The van der Waals surface area contributed by atoms with Gasteiger partial charge in [0, 0.05) is 39.3 Å². The third-order valence-electron chi connectivity index (χ3n) is 2.27. The summed E-state index contributed by atoms with van der Waals surface area (Å²) in [5.74, 6) is 0. The fourth-order valence-electron chi connectivity index (χ4n) is 1.45. The fourth-order valence-corrected chi connectivity index (χ4v) is 1.45. The van der Waals surface area contributed by atoms with E-state index in [0.29, 0.717) is 6.54 Å². The molecule has 1 rings (SSSR count). The number of hydrogen-bond acceptors (Lipinski definition) is 4. The van der Waals surface area contributed by atoms with Gasteiger partial charge in [-0.25, -0.2) is 4.79 Å². The first kappa shape index (κ1) is 14.0. The van der Waals surface area contributed by atoms with Gasteiger partial charge in [-0.3, -0.25) is 4.90 Å². The van der Waals surface area contributed by atoms with Crippen LogP contribution in [0.1, 0.15) is 0 Å². The minimum absolute atomic E-state index is 0.288. The van der Waals surface area contributed by atoms with Gasteiger partial charge >= 0.3 is 12.3 Å². The van der Waals surface area contributed by atoms with Crippen LogP contribution in [0.5, 0.6) is 0 Å². The second kappa shape index (κ2) is 6.65. The lowest BCUT2D eigenvalue weighted by molar-refractivity contribution is -0.160. The zero-order valence-corrected chi connectivity index (χ0v) is 9.35. The van der Waals surface area contributed by atoms with Gasteiger partial charge in [0.25, 0.3) is 0 Å². The molecule has 0 spiro atoms. The Morgan fingerprint density at radius 3 is 2.59 bits per heavy atom. The lowest BCUT2D eigenvalue weighted by atomic mass is 10.3. The highest BCUT2D eigenvalue weighted by Crippen LogP contribution is 2.14. The molecule has 1 aliphatic heterocycles. The molecule has 0 aromatic heterocycles. The summed E-state index contributed by atoms with van der Waals surface area (Å²) in [5, 5.41) is 5.45. The molecular weight excluding hydrogens is 239 g/mol. The summed E-state index contributed by atoms with van der Waals surface area (Å²) < 4.78 is 39.1. The van der Waals surface area contributed by atoms with E-state index in [2.05, 4.69) is 20.3 Å². The van der Waals surface area contributed by atoms with Crippen LogP contribution in [-0.4, -0.2) is 63.0 Å². The summed E-state index contributed by atoms with van der Waals surface area (Å²) >= 11 is 0. The predicted molar refractivity (Wildman–Crippen MR) is 54.7 cm³/mol. The molecule has 1 heterocycles. The number of piperazine rings is 1. The Labute approximate surface area is 97.3 Å². The van der Waals surface area contributed by atoms with Crippen molar-refractivity contribution in [3.8, 4) is 0 Å². The Balaban J connectivity index is 2.03. The van der Waals surface area contributed by atoms with Gasteiger partial charge in [0.2, 0.25) is 0 Å². The average Bonchev–Trinajstić information content (AvgIpc) is 2.27. The van der Waals surface area contributed by atoms with E-state index in [4.69, 9.17) is 0 Å². The maximum absolute atomic E-state index is 11.7. The van der Waals surface area contributed by atoms with E-state index in [1.807, 2.05) is 0 Å². The Hall–Kier alpha value is -1.02. The summed E-state index contributed by atoms with van der Waals surface area (Å²) in [7, 11) is 0. The molecule has 2 N–H and O–H groups in total. The first-order valence-corrected chi connectivity index (χ1v) is 5.38. The van der Waals surface area contributed by atoms with Gasteiger partial charge in [0.15, 0.2) is 6.61 Å². The van der Waals surface area contributed by atoms with Crippen LogP contribution in [0.25, 0.3) is 0 Å². The molecule has 0 aliphatic carbocycles. The van der Waals surface area contributed by atoms with Crippen molar-refractivity contribution < 1.29 is 22.7 Å². The maximum Gasteiger partial charge on any atom is 0.422 e. The third-order valence-corrected chi connectivity index (χ3v) is 2.27. The van der Waals surface area contributed by atoms with Crippen molar-refractivity contribution in [1.29, 1.82) is 0 Å². The number of alkyl carbamates (subject to hydrolysis) is 1. The minimum atomic E-state index is -4.48. The predicted octanol–water partition coefficient (Wildman–Crippen LogP) is 0.180. The van der Waals surface area contributed by atoms with Crippen LogP contribution < -0.4 is 10.6 Å². The minimum Gasteiger partial charge on any atom is -0.440 e. The largest absolute Gasteiger partial charge is 0.440 e. The van der Waals surface area contributed by atoms with Crippen LogP contribution in [0.3, 0.4) is 0 Å².